The summed E-state index contributed by atoms with van der Waals surface area (Å²) in [4.78, 5) is 0. The first-order valence-electron chi connectivity index (χ1n) is 6.76. The topological polar surface area (TPSA) is 3.88 Å². The van der Waals surface area contributed by atoms with E-state index in [1.54, 1.807) is 0 Å². The van der Waals surface area contributed by atoms with Gasteiger partial charge in [-0.15, -0.1) is 0 Å². The van der Waals surface area contributed by atoms with Gasteiger partial charge in [-0.1, -0.05) is 12.1 Å². The molecule has 0 spiro atoms. The van der Waals surface area contributed by atoms with Crippen molar-refractivity contribution in [3.8, 4) is 11.3 Å². The number of fused-ring (bicyclic) bond motifs is 5. The van der Waals surface area contributed by atoms with Gasteiger partial charge in [0.2, 0.25) is 11.2 Å². The molecule has 4 rings (SSSR count). The summed E-state index contributed by atoms with van der Waals surface area (Å²) in [5.74, 6) is 0. The smallest absolute Gasteiger partial charge is 0.187 e. The summed E-state index contributed by atoms with van der Waals surface area (Å²) in [6.07, 6.45) is 0. The van der Waals surface area contributed by atoms with E-state index in [9.17, 15) is 0 Å². The van der Waals surface area contributed by atoms with Crippen molar-refractivity contribution < 1.29 is 4.57 Å². The Bertz CT molecular complexity index is 815. The molecule has 3 aromatic rings. The molecule has 0 unspecified atom stereocenters. The third-order valence-corrected chi connectivity index (χ3v) is 4.26. The van der Waals surface area contributed by atoms with E-state index in [4.69, 9.17) is 0 Å². The van der Waals surface area contributed by atoms with Crippen LogP contribution in [0.5, 0.6) is 0 Å². The summed E-state index contributed by atoms with van der Waals surface area (Å²) in [7, 11) is 0. The number of hydrogen-bond donors (Lipinski definition) is 0. The van der Waals surface area contributed by atoms with Crippen LogP contribution in [-0.4, -0.2) is 0 Å². The third kappa shape index (κ3) is 1.45. The van der Waals surface area contributed by atoms with Gasteiger partial charge in [0.15, 0.2) is 6.54 Å². The van der Waals surface area contributed by atoms with Gasteiger partial charge in [-0.2, -0.15) is 4.57 Å². The van der Waals surface area contributed by atoms with Crippen molar-refractivity contribution >= 4 is 10.9 Å². The van der Waals surface area contributed by atoms with Crippen molar-refractivity contribution in [1.29, 1.82) is 0 Å². The molecule has 0 saturated heterocycles. The predicted molar refractivity (Wildman–Crippen MR) is 78.2 cm³/mol. The molecule has 2 heterocycles. The second-order valence-electron chi connectivity index (χ2n) is 5.46. The van der Waals surface area contributed by atoms with Gasteiger partial charge < -0.3 is 0 Å². The SMILES string of the molecule is Cc1cc2c(cc1C)-c1ccc3ccccc3[n+]1C2. The fourth-order valence-electron chi connectivity index (χ4n) is 3.08. The van der Waals surface area contributed by atoms with Gasteiger partial charge in [0.05, 0.1) is 5.56 Å². The molecule has 2 aromatic carbocycles. The summed E-state index contributed by atoms with van der Waals surface area (Å²) in [6.45, 7) is 5.38. The molecular formula is C18H16N+. The second kappa shape index (κ2) is 3.67. The minimum atomic E-state index is 0.993. The highest BCUT2D eigenvalue weighted by Crippen LogP contribution is 2.30. The van der Waals surface area contributed by atoms with Crippen LogP contribution in [-0.2, 0) is 6.54 Å². The van der Waals surface area contributed by atoms with Crippen LogP contribution in [0.2, 0.25) is 0 Å². The van der Waals surface area contributed by atoms with Gasteiger partial charge >= 0.3 is 0 Å². The predicted octanol–water partition coefficient (Wildman–Crippen LogP) is 3.77. The number of pyridine rings is 1. The van der Waals surface area contributed by atoms with Crippen LogP contribution < -0.4 is 4.57 Å². The van der Waals surface area contributed by atoms with Crippen LogP contribution in [0.4, 0.5) is 0 Å². The Morgan fingerprint density at radius 3 is 2.58 bits per heavy atom. The van der Waals surface area contributed by atoms with Crippen LogP contribution in [0.1, 0.15) is 16.7 Å². The highest BCUT2D eigenvalue weighted by Gasteiger charge is 2.28. The molecule has 1 aliphatic heterocycles. The van der Waals surface area contributed by atoms with Crippen LogP contribution in [0, 0.1) is 13.8 Å². The molecule has 0 saturated carbocycles. The van der Waals surface area contributed by atoms with E-state index >= 15 is 0 Å². The maximum atomic E-state index is 2.43. The molecule has 19 heavy (non-hydrogen) atoms. The summed E-state index contributed by atoms with van der Waals surface area (Å²) in [6, 6.07) is 17.8. The Balaban J connectivity index is 2.06. The first-order chi connectivity index (χ1) is 9.24. The Hall–Kier alpha value is -2.15. The highest BCUT2D eigenvalue weighted by atomic mass is 15.0. The first-order valence-corrected chi connectivity index (χ1v) is 6.76. The van der Waals surface area contributed by atoms with Crippen molar-refractivity contribution in [3.63, 3.8) is 0 Å². The zero-order valence-electron chi connectivity index (χ0n) is 11.3. The third-order valence-electron chi connectivity index (χ3n) is 4.26. The molecule has 1 heteroatoms. The van der Waals surface area contributed by atoms with Crippen molar-refractivity contribution in [2.75, 3.05) is 0 Å². The number of aromatic nitrogens is 1. The number of para-hydroxylation sites is 1. The summed E-state index contributed by atoms with van der Waals surface area (Å²) in [5.41, 5.74) is 8.27. The molecule has 92 valence electrons. The normalized spacial score (nSPS) is 12.5. The molecule has 1 aliphatic rings. The molecule has 0 N–H and O–H groups in total. The van der Waals surface area contributed by atoms with E-state index in [1.807, 2.05) is 0 Å². The number of aryl methyl sites for hydroxylation is 2. The standard InChI is InChI=1S/C18H16N/c1-12-9-15-11-19-17-6-4-3-5-14(17)7-8-18(19)16(15)10-13(12)2/h3-10H,11H2,1-2H3/q+1. The average Bonchev–Trinajstić information content (AvgIpc) is 2.77. The Labute approximate surface area is 113 Å². The number of rotatable bonds is 0. The lowest BCUT2D eigenvalue weighted by atomic mass is 10.00. The number of benzene rings is 2. The van der Waals surface area contributed by atoms with Crippen LogP contribution >= 0.6 is 0 Å². The fraction of sp³-hybridized carbons (Fsp3) is 0.167. The van der Waals surface area contributed by atoms with Gasteiger partial charge in [-0.05, 0) is 49.2 Å². The zero-order valence-corrected chi connectivity index (χ0v) is 11.3. The van der Waals surface area contributed by atoms with Crippen molar-refractivity contribution in [1.82, 2.24) is 0 Å². The zero-order chi connectivity index (χ0) is 13.0. The Morgan fingerprint density at radius 2 is 1.68 bits per heavy atom. The minimum absolute atomic E-state index is 0.993. The van der Waals surface area contributed by atoms with E-state index in [1.165, 1.54) is 38.9 Å². The number of nitrogens with zero attached hydrogens (tertiary/aromatic N) is 1. The Morgan fingerprint density at radius 1 is 0.895 bits per heavy atom. The summed E-state index contributed by atoms with van der Waals surface area (Å²) < 4.78 is 2.43. The van der Waals surface area contributed by atoms with Gasteiger partial charge in [0, 0.05) is 23.1 Å². The van der Waals surface area contributed by atoms with Gasteiger partial charge in [-0.25, -0.2) is 0 Å². The first kappa shape index (κ1) is 10.7. The van der Waals surface area contributed by atoms with E-state index < -0.39 is 0 Å². The quantitative estimate of drug-likeness (QED) is 0.416. The maximum absolute atomic E-state index is 2.43. The minimum Gasteiger partial charge on any atom is -0.187 e. The lowest BCUT2D eigenvalue weighted by Gasteiger charge is -2.01. The largest absolute Gasteiger partial charge is 0.213 e. The summed E-state index contributed by atoms with van der Waals surface area (Å²) in [5, 5.41) is 1.31. The van der Waals surface area contributed by atoms with E-state index in [0.29, 0.717) is 0 Å². The molecule has 1 aromatic heterocycles. The lowest BCUT2D eigenvalue weighted by molar-refractivity contribution is -0.645. The maximum Gasteiger partial charge on any atom is 0.213 e. The molecule has 0 radical (unpaired) electrons. The fourth-order valence-corrected chi connectivity index (χ4v) is 3.08. The average molecular weight is 246 g/mol. The highest BCUT2D eigenvalue weighted by molar-refractivity contribution is 5.79. The van der Waals surface area contributed by atoms with Crippen molar-refractivity contribution in [2.45, 2.75) is 20.4 Å². The van der Waals surface area contributed by atoms with E-state index in [0.717, 1.165) is 6.54 Å². The molecule has 0 atom stereocenters. The molecular weight excluding hydrogens is 230 g/mol. The van der Waals surface area contributed by atoms with Gasteiger partial charge in [0.25, 0.3) is 0 Å². The van der Waals surface area contributed by atoms with Gasteiger partial charge in [0.1, 0.15) is 0 Å². The molecule has 0 aliphatic carbocycles. The molecule has 0 fully saturated rings. The van der Waals surface area contributed by atoms with Crippen molar-refractivity contribution in [3.05, 3.63) is 65.2 Å². The Kier molecular flexibility index (Phi) is 2.08. The van der Waals surface area contributed by atoms with E-state index in [2.05, 4.69) is 66.9 Å². The molecule has 0 bridgehead atoms. The van der Waals surface area contributed by atoms with Crippen LogP contribution in [0.25, 0.3) is 22.2 Å². The molecule has 1 nitrogen and oxygen atoms in total. The van der Waals surface area contributed by atoms with Crippen molar-refractivity contribution in [2.24, 2.45) is 0 Å². The van der Waals surface area contributed by atoms with Crippen LogP contribution in [0.15, 0.2) is 48.5 Å². The second-order valence-corrected chi connectivity index (χ2v) is 5.46. The monoisotopic (exact) mass is 246 g/mol. The van der Waals surface area contributed by atoms with E-state index in [-0.39, 0.29) is 0 Å². The number of hydrogen-bond acceptors (Lipinski definition) is 0. The van der Waals surface area contributed by atoms with Gasteiger partial charge in [-0.3, -0.25) is 0 Å². The summed E-state index contributed by atoms with van der Waals surface area (Å²) >= 11 is 0. The molecule has 0 amide bonds. The lowest BCUT2D eigenvalue weighted by Crippen LogP contribution is -2.33. The van der Waals surface area contributed by atoms with Crippen LogP contribution in [0.3, 0.4) is 0 Å².